The highest BCUT2D eigenvalue weighted by molar-refractivity contribution is 5.77. The maximum atomic E-state index is 12.0. The molecule has 0 fully saturated rings. The van der Waals surface area contributed by atoms with E-state index in [1.807, 2.05) is 24.3 Å². The largest absolute Gasteiger partial charge is 0.496 e. The van der Waals surface area contributed by atoms with E-state index in [-0.39, 0.29) is 12.5 Å². The molecule has 1 N–H and O–H groups in total. The van der Waals surface area contributed by atoms with Gasteiger partial charge < -0.3 is 24.3 Å². The van der Waals surface area contributed by atoms with Crippen LogP contribution in [0.4, 0.5) is 0 Å². The molecule has 0 heterocycles. The highest BCUT2D eigenvalue weighted by Crippen LogP contribution is 2.36. The molecule has 2 rings (SSSR count). The van der Waals surface area contributed by atoms with E-state index in [2.05, 4.69) is 5.32 Å². The lowest BCUT2D eigenvalue weighted by molar-refractivity contribution is -0.123. The number of hydrogen-bond donors (Lipinski definition) is 1. The van der Waals surface area contributed by atoms with E-state index < -0.39 is 0 Å². The number of ether oxygens (including phenoxy) is 4. The number of hydrogen-bond acceptors (Lipinski definition) is 5. The molecular weight excluding hydrogens is 322 g/mol. The zero-order valence-electron chi connectivity index (χ0n) is 14.7. The molecule has 0 unspecified atom stereocenters. The molecule has 25 heavy (non-hydrogen) atoms. The fraction of sp³-hybridized carbons (Fsp3) is 0.316. The second-order valence-electron chi connectivity index (χ2n) is 5.19. The predicted octanol–water partition coefficient (Wildman–Crippen LogP) is 2.45. The van der Waals surface area contributed by atoms with Gasteiger partial charge in [-0.1, -0.05) is 24.3 Å². The van der Waals surface area contributed by atoms with Crippen LogP contribution >= 0.6 is 0 Å². The van der Waals surface area contributed by atoms with Gasteiger partial charge in [-0.3, -0.25) is 4.79 Å². The summed E-state index contributed by atoms with van der Waals surface area (Å²) in [6.45, 7) is 0.396. The van der Waals surface area contributed by atoms with Gasteiger partial charge >= 0.3 is 0 Å². The summed E-state index contributed by atoms with van der Waals surface area (Å²) in [5.41, 5.74) is 1.04. The van der Waals surface area contributed by atoms with Crippen LogP contribution in [-0.2, 0) is 11.2 Å². The maximum Gasteiger partial charge on any atom is 0.257 e. The molecule has 0 aliphatic carbocycles. The number of methoxy groups -OCH3 is 3. The summed E-state index contributed by atoms with van der Waals surface area (Å²) in [4.78, 5) is 12.0. The Labute approximate surface area is 147 Å². The molecule has 2 aromatic rings. The highest BCUT2D eigenvalue weighted by Gasteiger charge is 2.12. The average molecular weight is 345 g/mol. The van der Waals surface area contributed by atoms with Crippen LogP contribution < -0.4 is 24.3 Å². The summed E-state index contributed by atoms with van der Waals surface area (Å²) < 4.78 is 21.3. The number of carbonyl (C=O) groups excluding carboxylic acids is 1. The molecule has 0 aliphatic rings. The van der Waals surface area contributed by atoms with Crippen LogP contribution in [0.3, 0.4) is 0 Å². The molecule has 0 saturated carbocycles. The van der Waals surface area contributed by atoms with Crippen molar-refractivity contribution in [2.75, 3.05) is 34.5 Å². The van der Waals surface area contributed by atoms with Crippen molar-refractivity contribution in [3.8, 4) is 23.0 Å². The number of rotatable bonds is 9. The number of para-hydroxylation sites is 2. The third-order valence-electron chi connectivity index (χ3n) is 3.63. The Balaban J connectivity index is 1.83. The van der Waals surface area contributed by atoms with Gasteiger partial charge in [0.1, 0.15) is 5.75 Å². The van der Waals surface area contributed by atoms with Crippen molar-refractivity contribution in [1.29, 1.82) is 0 Å². The van der Waals surface area contributed by atoms with Crippen molar-refractivity contribution < 1.29 is 23.7 Å². The molecule has 0 aromatic heterocycles. The normalized spacial score (nSPS) is 10.0. The summed E-state index contributed by atoms with van der Waals surface area (Å²) >= 11 is 0. The first-order valence-electron chi connectivity index (χ1n) is 7.92. The van der Waals surface area contributed by atoms with Crippen LogP contribution in [-0.4, -0.2) is 40.4 Å². The Kier molecular flexibility index (Phi) is 6.95. The number of carbonyl (C=O) groups is 1. The van der Waals surface area contributed by atoms with E-state index in [0.717, 1.165) is 11.3 Å². The van der Waals surface area contributed by atoms with Gasteiger partial charge in [0.05, 0.1) is 21.3 Å². The monoisotopic (exact) mass is 345 g/mol. The Bertz CT molecular complexity index is 702. The minimum Gasteiger partial charge on any atom is -0.496 e. The summed E-state index contributed by atoms with van der Waals surface area (Å²) in [6, 6.07) is 13.0. The van der Waals surface area contributed by atoms with Crippen molar-refractivity contribution in [3.05, 3.63) is 48.0 Å². The second kappa shape index (κ2) is 9.42. The minimum absolute atomic E-state index is 0.102. The van der Waals surface area contributed by atoms with Crippen molar-refractivity contribution in [2.45, 2.75) is 6.42 Å². The Morgan fingerprint density at radius 2 is 1.56 bits per heavy atom. The molecule has 1 amide bonds. The van der Waals surface area contributed by atoms with Gasteiger partial charge in [0.15, 0.2) is 18.1 Å². The Morgan fingerprint density at radius 3 is 2.28 bits per heavy atom. The van der Waals surface area contributed by atoms with Crippen molar-refractivity contribution in [2.24, 2.45) is 0 Å². The van der Waals surface area contributed by atoms with E-state index >= 15 is 0 Å². The third kappa shape index (κ3) is 5.04. The fourth-order valence-corrected chi connectivity index (χ4v) is 2.41. The van der Waals surface area contributed by atoms with Crippen LogP contribution in [0.15, 0.2) is 42.5 Å². The summed E-state index contributed by atoms with van der Waals surface area (Å²) in [5.74, 6) is 2.08. The van der Waals surface area contributed by atoms with Crippen LogP contribution in [0, 0.1) is 0 Å². The van der Waals surface area contributed by atoms with E-state index in [1.54, 1.807) is 32.4 Å². The van der Waals surface area contributed by atoms with Gasteiger partial charge in [-0.2, -0.15) is 0 Å². The minimum atomic E-state index is -0.209. The summed E-state index contributed by atoms with van der Waals surface area (Å²) in [5, 5.41) is 2.83. The number of benzene rings is 2. The third-order valence-corrected chi connectivity index (χ3v) is 3.63. The van der Waals surface area contributed by atoms with Crippen LogP contribution in [0.5, 0.6) is 23.0 Å². The standard InChI is InChI=1S/C19H23NO5/c1-22-15-8-5-4-7-14(15)11-12-20-18(21)13-25-17-10-6-9-16(23-2)19(17)24-3/h4-10H,11-13H2,1-3H3,(H,20,21). The van der Waals surface area contributed by atoms with Gasteiger partial charge in [0.25, 0.3) is 5.91 Å². The molecule has 0 aliphatic heterocycles. The van der Waals surface area contributed by atoms with E-state index in [0.29, 0.717) is 30.2 Å². The topological polar surface area (TPSA) is 66.0 Å². The molecule has 6 nitrogen and oxygen atoms in total. The lowest BCUT2D eigenvalue weighted by Crippen LogP contribution is -2.30. The highest BCUT2D eigenvalue weighted by atomic mass is 16.5. The van der Waals surface area contributed by atoms with Crippen molar-refractivity contribution in [1.82, 2.24) is 5.32 Å². The first-order chi connectivity index (χ1) is 12.2. The lowest BCUT2D eigenvalue weighted by Gasteiger charge is -2.13. The summed E-state index contributed by atoms with van der Waals surface area (Å²) in [7, 11) is 4.71. The molecule has 0 bridgehead atoms. The first kappa shape index (κ1) is 18.4. The smallest absolute Gasteiger partial charge is 0.257 e. The number of amides is 1. The molecule has 0 atom stereocenters. The van der Waals surface area contributed by atoms with Gasteiger partial charge in [-0.15, -0.1) is 0 Å². The van der Waals surface area contributed by atoms with E-state index in [1.165, 1.54) is 7.11 Å². The van der Waals surface area contributed by atoms with E-state index in [4.69, 9.17) is 18.9 Å². The first-order valence-corrected chi connectivity index (χ1v) is 7.92. The molecular formula is C19H23NO5. The second-order valence-corrected chi connectivity index (χ2v) is 5.19. The van der Waals surface area contributed by atoms with Crippen LogP contribution in [0.1, 0.15) is 5.56 Å². The van der Waals surface area contributed by atoms with Gasteiger partial charge in [-0.25, -0.2) is 0 Å². The molecule has 0 radical (unpaired) electrons. The van der Waals surface area contributed by atoms with Gasteiger partial charge in [0.2, 0.25) is 5.75 Å². The fourth-order valence-electron chi connectivity index (χ4n) is 2.41. The van der Waals surface area contributed by atoms with Gasteiger partial charge in [-0.05, 0) is 30.2 Å². The maximum absolute atomic E-state index is 12.0. The van der Waals surface area contributed by atoms with Gasteiger partial charge in [0, 0.05) is 6.54 Å². The zero-order valence-corrected chi connectivity index (χ0v) is 14.7. The molecule has 2 aromatic carbocycles. The Hall–Kier alpha value is -2.89. The van der Waals surface area contributed by atoms with Crippen molar-refractivity contribution in [3.63, 3.8) is 0 Å². The van der Waals surface area contributed by atoms with Crippen LogP contribution in [0.2, 0.25) is 0 Å². The molecule has 6 heteroatoms. The summed E-state index contributed by atoms with van der Waals surface area (Å²) in [6.07, 6.45) is 0.679. The van der Waals surface area contributed by atoms with Crippen molar-refractivity contribution >= 4 is 5.91 Å². The predicted molar refractivity (Wildman–Crippen MR) is 94.7 cm³/mol. The zero-order chi connectivity index (χ0) is 18.1. The Morgan fingerprint density at radius 1 is 0.880 bits per heavy atom. The lowest BCUT2D eigenvalue weighted by atomic mass is 10.1. The van der Waals surface area contributed by atoms with Crippen LogP contribution in [0.25, 0.3) is 0 Å². The quantitative estimate of drug-likeness (QED) is 0.756. The number of nitrogens with one attached hydrogen (secondary N) is 1. The molecule has 0 spiro atoms. The SMILES string of the molecule is COc1ccccc1CCNC(=O)COc1cccc(OC)c1OC. The molecule has 0 saturated heterocycles. The molecule has 134 valence electrons. The van der Waals surface area contributed by atoms with E-state index in [9.17, 15) is 4.79 Å². The average Bonchev–Trinajstić information content (AvgIpc) is 2.66.